The summed E-state index contributed by atoms with van der Waals surface area (Å²) in [6.07, 6.45) is -4.63. The Bertz CT molecular complexity index is 542. The topological polar surface area (TPSA) is 68.3 Å². The number of ether oxygens (including phenoxy) is 1. The van der Waals surface area contributed by atoms with Crippen LogP contribution in [0.15, 0.2) is 12.1 Å². The maximum atomic E-state index is 12.6. The number of amides is 1. The average molecular weight is 304 g/mol. The van der Waals surface area contributed by atoms with Gasteiger partial charge in [-0.2, -0.15) is 13.2 Å². The van der Waals surface area contributed by atoms with E-state index < -0.39 is 17.8 Å². The quantitative estimate of drug-likeness (QED) is 0.866. The van der Waals surface area contributed by atoms with Gasteiger partial charge in [0.1, 0.15) is 5.69 Å². The van der Waals surface area contributed by atoms with Crippen LogP contribution in [0.2, 0.25) is 0 Å². The number of alkyl halides is 3. The summed E-state index contributed by atoms with van der Waals surface area (Å²) >= 11 is 0. The van der Waals surface area contributed by atoms with Gasteiger partial charge in [-0.05, 0) is 12.1 Å². The van der Waals surface area contributed by atoms with Crippen LogP contribution >= 0.6 is 0 Å². The molecule has 0 aliphatic carbocycles. The molecule has 0 bridgehead atoms. The van der Waals surface area contributed by atoms with Gasteiger partial charge in [-0.25, -0.2) is 9.78 Å². The number of pyridine rings is 1. The SMILES string of the molecule is COC(=O)c1ccc(C(F)(F)F)nc1CNC(=O)C(C)C. The molecule has 1 heterocycles. The smallest absolute Gasteiger partial charge is 0.433 e. The predicted octanol–water partition coefficient (Wildman–Crippen LogP) is 2.16. The number of esters is 1. The maximum Gasteiger partial charge on any atom is 0.433 e. The summed E-state index contributed by atoms with van der Waals surface area (Å²) in [5.41, 5.74) is -1.44. The molecule has 1 aromatic heterocycles. The van der Waals surface area contributed by atoms with Gasteiger partial charge in [0.25, 0.3) is 0 Å². The summed E-state index contributed by atoms with van der Waals surface area (Å²) in [5, 5.41) is 2.42. The standard InChI is InChI=1S/C13H15F3N2O3/c1-7(2)11(19)17-6-9-8(12(20)21-3)4-5-10(18-9)13(14,15)16/h4-5,7H,6H2,1-3H3,(H,17,19). The highest BCUT2D eigenvalue weighted by atomic mass is 19.4. The molecule has 21 heavy (non-hydrogen) atoms. The number of nitrogens with zero attached hydrogens (tertiary/aromatic N) is 1. The molecule has 0 aromatic carbocycles. The van der Waals surface area contributed by atoms with Crippen LogP contribution in [0, 0.1) is 5.92 Å². The first-order chi connectivity index (χ1) is 9.66. The third kappa shape index (κ3) is 4.44. The molecule has 0 fully saturated rings. The van der Waals surface area contributed by atoms with E-state index in [1.165, 1.54) is 0 Å². The van der Waals surface area contributed by atoms with Gasteiger partial charge in [0.05, 0.1) is 24.9 Å². The van der Waals surface area contributed by atoms with E-state index in [1.807, 2.05) is 0 Å². The Hall–Kier alpha value is -2.12. The summed E-state index contributed by atoms with van der Waals surface area (Å²) < 4.78 is 42.4. The average Bonchev–Trinajstić information content (AvgIpc) is 2.42. The lowest BCUT2D eigenvalue weighted by molar-refractivity contribution is -0.141. The minimum atomic E-state index is -4.63. The number of carbonyl (C=O) groups is 2. The van der Waals surface area contributed by atoms with E-state index in [9.17, 15) is 22.8 Å². The van der Waals surface area contributed by atoms with Crippen molar-refractivity contribution in [1.82, 2.24) is 10.3 Å². The highest BCUT2D eigenvalue weighted by Gasteiger charge is 2.33. The monoisotopic (exact) mass is 304 g/mol. The second-order valence-electron chi connectivity index (χ2n) is 4.55. The molecule has 1 aromatic rings. The summed E-state index contributed by atoms with van der Waals surface area (Å²) in [5.74, 6) is -1.51. The van der Waals surface area contributed by atoms with Crippen molar-refractivity contribution in [1.29, 1.82) is 0 Å². The highest BCUT2D eigenvalue weighted by molar-refractivity contribution is 5.90. The normalized spacial score (nSPS) is 11.4. The van der Waals surface area contributed by atoms with E-state index in [0.29, 0.717) is 6.07 Å². The van der Waals surface area contributed by atoms with Crippen molar-refractivity contribution in [2.24, 2.45) is 5.92 Å². The minimum Gasteiger partial charge on any atom is -0.465 e. The molecule has 116 valence electrons. The molecule has 5 nitrogen and oxygen atoms in total. The molecule has 0 saturated heterocycles. The Balaban J connectivity index is 3.11. The zero-order chi connectivity index (χ0) is 16.2. The second kappa shape index (κ2) is 6.55. The van der Waals surface area contributed by atoms with Gasteiger partial charge in [-0.15, -0.1) is 0 Å². The highest BCUT2D eigenvalue weighted by Crippen LogP contribution is 2.28. The molecule has 0 spiro atoms. The van der Waals surface area contributed by atoms with Crippen LogP contribution in [-0.2, 0) is 22.3 Å². The van der Waals surface area contributed by atoms with E-state index in [1.54, 1.807) is 13.8 Å². The van der Waals surface area contributed by atoms with Gasteiger partial charge in [0.2, 0.25) is 5.91 Å². The molecular formula is C13H15F3N2O3. The van der Waals surface area contributed by atoms with E-state index in [-0.39, 0.29) is 29.6 Å². The van der Waals surface area contributed by atoms with Crippen LogP contribution in [0.4, 0.5) is 13.2 Å². The van der Waals surface area contributed by atoms with Gasteiger partial charge in [-0.1, -0.05) is 13.8 Å². The Kier molecular flexibility index (Phi) is 5.28. The van der Waals surface area contributed by atoms with Crippen molar-refractivity contribution in [2.75, 3.05) is 7.11 Å². The molecule has 1 N–H and O–H groups in total. The van der Waals surface area contributed by atoms with Crippen molar-refractivity contribution in [3.8, 4) is 0 Å². The molecule has 0 radical (unpaired) electrons. The second-order valence-corrected chi connectivity index (χ2v) is 4.55. The lowest BCUT2D eigenvalue weighted by Crippen LogP contribution is -2.29. The molecule has 0 atom stereocenters. The van der Waals surface area contributed by atoms with Crippen LogP contribution in [0.5, 0.6) is 0 Å². The lowest BCUT2D eigenvalue weighted by atomic mass is 10.1. The number of aromatic nitrogens is 1. The van der Waals surface area contributed by atoms with E-state index in [0.717, 1.165) is 13.2 Å². The number of hydrogen-bond donors (Lipinski definition) is 1. The van der Waals surface area contributed by atoms with Crippen molar-refractivity contribution in [3.05, 3.63) is 29.1 Å². The molecule has 0 aliphatic heterocycles. The first kappa shape index (κ1) is 16.9. The number of carbonyl (C=O) groups excluding carboxylic acids is 2. The largest absolute Gasteiger partial charge is 0.465 e. The summed E-state index contributed by atoms with van der Waals surface area (Å²) in [6.45, 7) is 2.98. The fourth-order valence-electron chi connectivity index (χ4n) is 1.46. The first-order valence-electron chi connectivity index (χ1n) is 6.10. The van der Waals surface area contributed by atoms with Crippen LogP contribution in [0.3, 0.4) is 0 Å². The van der Waals surface area contributed by atoms with Crippen LogP contribution < -0.4 is 5.32 Å². The van der Waals surface area contributed by atoms with Gasteiger partial charge in [0.15, 0.2) is 0 Å². The number of methoxy groups -OCH3 is 1. The molecule has 1 amide bonds. The zero-order valence-corrected chi connectivity index (χ0v) is 11.7. The van der Waals surface area contributed by atoms with Crippen LogP contribution in [-0.4, -0.2) is 24.0 Å². The molecule has 0 unspecified atom stereocenters. The van der Waals surface area contributed by atoms with Gasteiger partial charge >= 0.3 is 12.1 Å². The van der Waals surface area contributed by atoms with Gasteiger partial charge in [0, 0.05) is 5.92 Å². The van der Waals surface area contributed by atoms with Gasteiger partial charge < -0.3 is 10.1 Å². The minimum absolute atomic E-state index is 0.116. The summed E-state index contributed by atoms with van der Waals surface area (Å²) in [6, 6.07) is 1.68. The van der Waals surface area contributed by atoms with Crippen molar-refractivity contribution < 1.29 is 27.5 Å². The lowest BCUT2D eigenvalue weighted by Gasteiger charge is -2.13. The Labute approximate surface area is 119 Å². The maximum absolute atomic E-state index is 12.6. The number of halogens is 3. The summed E-state index contributed by atoms with van der Waals surface area (Å²) in [7, 11) is 1.11. The fourth-order valence-corrected chi connectivity index (χ4v) is 1.46. The number of nitrogens with one attached hydrogen (secondary N) is 1. The third-order valence-electron chi connectivity index (χ3n) is 2.62. The van der Waals surface area contributed by atoms with E-state index >= 15 is 0 Å². The van der Waals surface area contributed by atoms with Crippen LogP contribution in [0.25, 0.3) is 0 Å². The van der Waals surface area contributed by atoms with Crippen molar-refractivity contribution >= 4 is 11.9 Å². The van der Waals surface area contributed by atoms with Crippen molar-refractivity contribution in [3.63, 3.8) is 0 Å². The Morgan fingerprint density at radius 2 is 1.95 bits per heavy atom. The molecule has 0 saturated carbocycles. The Morgan fingerprint density at radius 1 is 1.33 bits per heavy atom. The van der Waals surface area contributed by atoms with Crippen molar-refractivity contribution in [2.45, 2.75) is 26.6 Å². The first-order valence-corrected chi connectivity index (χ1v) is 6.10. The summed E-state index contributed by atoms with van der Waals surface area (Å²) in [4.78, 5) is 26.4. The third-order valence-corrected chi connectivity index (χ3v) is 2.62. The number of rotatable bonds is 4. The number of hydrogen-bond acceptors (Lipinski definition) is 4. The Morgan fingerprint density at radius 3 is 2.43 bits per heavy atom. The predicted molar refractivity (Wildman–Crippen MR) is 67.3 cm³/mol. The van der Waals surface area contributed by atoms with E-state index in [4.69, 9.17) is 0 Å². The molecule has 1 rings (SSSR count). The zero-order valence-electron chi connectivity index (χ0n) is 11.7. The molecule has 0 aliphatic rings. The molecule has 8 heteroatoms. The fraction of sp³-hybridized carbons (Fsp3) is 0.462. The van der Waals surface area contributed by atoms with E-state index in [2.05, 4.69) is 15.0 Å². The van der Waals surface area contributed by atoms with Crippen LogP contribution in [0.1, 0.15) is 35.6 Å². The molecular weight excluding hydrogens is 289 g/mol. The van der Waals surface area contributed by atoms with Gasteiger partial charge in [-0.3, -0.25) is 4.79 Å².